The summed E-state index contributed by atoms with van der Waals surface area (Å²) in [6, 6.07) is 11.8. The first-order chi connectivity index (χ1) is 11.6. The number of rotatable bonds is 2. The van der Waals surface area contributed by atoms with Crippen LogP contribution in [0.1, 0.15) is 22.3 Å². The molecule has 2 aromatic carbocycles. The zero-order valence-electron chi connectivity index (χ0n) is 12.6. The summed E-state index contributed by atoms with van der Waals surface area (Å²) in [5, 5.41) is 8.72. The number of halogens is 7. The van der Waals surface area contributed by atoms with Crippen LogP contribution in [0.15, 0.2) is 48.5 Å². The molecule has 0 atom stereocenters. The van der Waals surface area contributed by atoms with Crippen LogP contribution in [-0.2, 0) is 24.1 Å². The Morgan fingerprint density at radius 1 is 0.800 bits per heavy atom. The molecule has 8 heteroatoms. The van der Waals surface area contributed by atoms with Crippen molar-refractivity contribution in [1.82, 2.24) is 0 Å². The second-order valence-electron chi connectivity index (χ2n) is 4.86. The standard InChI is InChI=1S/C9H6F3N.C8H6BrF3/c10-9(11,12)8-3-1-2-7(6-8)4-5-13;9-5-6-2-1-3-7(4-6)8(10,11)12/h1-3,6H,4H2;1-4H,5H2. The van der Waals surface area contributed by atoms with Crippen molar-refractivity contribution in [2.24, 2.45) is 0 Å². The lowest BCUT2D eigenvalue weighted by molar-refractivity contribution is -0.138. The third kappa shape index (κ3) is 7.18. The Hall–Kier alpha value is -2.01. The van der Waals surface area contributed by atoms with Crippen LogP contribution in [0.5, 0.6) is 0 Å². The van der Waals surface area contributed by atoms with Gasteiger partial charge in [0, 0.05) is 5.33 Å². The topological polar surface area (TPSA) is 23.8 Å². The fourth-order valence-corrected chi connectivity index (χ4v) is 2.13. The van der Waals surface area contributed by atoms with E-state index >= 15 is 0 Å². The van der Waals surface area contributed by atoms with Gasteiger partial charge in [-0.05, 0) is 23.3 Å². The van der Waals surface area contributed by atoms with Crippen LogP contribution < -0.4 is 0 Å². The molecule has 0 unspecified atom stereocenters. The van der Waals surface area contributed by atoms with Gasteiger partial charge in [0.2, 0.25) is 0 Å². The summed E-state index contributed by atoms with van der Waals surface area (Å²) < 4.78 is 72.6. The van der Waals surface area contributed by atoms with Gasteiger partial charge in [-0.1, -0.05) is 52.3 Å². The number of benzene rings is 2. The number of nitrogens with zero attached hydrogens (tertiary/aromatic N) is 1. The highest BCUT2D eigenvalue weighted by atomic mass is 79.9. The van der Waals surface area contributed by atoms with Crippen LogP contribution in [0, 0.1) is 11.3 Å². The molecule has 25 heavy (non-hydrogen) atoms. The summed E-state index contributed by atoms with van der Waals surface area (Å²) in [6.45, 7) is 0. The summed E-state index contributed by atoms with van der Waals surface area (Å²) in [4.78, 5) is 0. The predicted octanol–water partition coefficient (Wildman–Crippen LogP) is 6.37. The summed E-state index contributed by atoms with van der Waals surface area (Å²) in [6.07, 6.45) is -8.56. The molecule has 0 spiro atoms. The molecule has 0 aliphatic carbocycles. The van der Waals surface area contributed by atoms with E-state index in [4.69, 9.17) is 5.26 Å². The van der Waals surface area contributed by atoms with E-state index in [2.05, 4.69) is 15.9 Å². The van der Waals surface area contributed by atoms with Crippen molar-refractivity contribution in [3.8, 4) is 6.07 Å². The zero-order chi connectivity index (χ0) is 19.1. The zero-order valence-corrected chi connectivity index (χ0v) is 14.2. The van der Waals surface area contributed by atoms with Crippen LogP contribution in [0.4, 0.5) is 26.3 Å². The highest BCUT2D eigenvalue weighted by molar-refractivity contribution is 9.08. The number of hydrogen-bond acceptors (Lipinski definition) is 1. The molecule has 134 valence electrons. The minimum absolute atomic E-state index is 0.00389. The van der Waals surface area contributed by atoms with Gasteiger partial charge in [-0.25, -0.2) is 0 Å². The van der Waals surface area contributed by atoms with Crippen molar-refractivity contribution in [3.05, 3.63) is 70.8 Å². The lowest BCUT2D eigenvalue weighted by Crippen LogP contribution is -2.04. The van der Waals surface area contributed by atoms with Gasteiger partial charge >= 0.3 is 12.4 Å². The summed E-state index contributed by atoms with van der Waals surface area (Å²) in [5.41, 5.74) is -0.290. The molecule has 2 rings (SSSR count). The average molecular weight is 424 g/mol. The molecule has 2 aromatic rings. The van der Waals surface area contributed by atoms with Gasteiger partial charge in [-0.15, -0.1) is 0 Å². The van der Waals surface area contributed by atoms with Gasteiger partial charge in [-0.3, -0.25) is 0 Å². The van der Waals surface area contributed by atoms with Gasteiger partial charge in [0.25, 0.3) is 0 Å². The van der Waals surface area contributed by atoms with E-state index in [0.29, 0.717) is 16.5 Å². The van der Waals surface area contributed by atoms with E-state index in [0.717, 1.165) is 24.3 Å². The number of hydrogen-bond donors (Lipinski definition) is 0. The van der Waals surface area contributed by atoms with Gasteiger partial charge in [-0.2, -0.15) is 31.6 Å². The Labute approximate surface area is 149 Å². The summed E-state index contributed by atoms with van der Waals surface area (Å²) in [7, 11) is 0. The van der Waals surface area contributed by atoms with Gasteiger partial charge in [0.15, 0.2) is 0 Å². The van der Waals surface area contributed by atoms with Crippen LogP contribution in [0.25, 0.3) is 0 Å². The Bertz CT molecular complexity index is 731. The SMILES string of the molecule is FC(F)(F)c1cccc(CBr)c1.N#CCc1cccc(C(F)(F)F)c1. The molecule has 0 amide bonds. The molecule has 0 fully saturated rings. The third-order valence-corrected chi connectivity index (χ3v) is 3.59. The van der Waals surface area contributed by atoms with Crippen molar-refractivity contribution in [3.63, 3.8) is 0 Å². The first-order valence-electron chi connectivity index (χ1n) is 6.83. The molecular formula is C17H12BrF6N. The van der Waals surface area contributed by atoms with E-state index in [1.807, 2.05) is 0 Å². The fraction of sp³-hybridized carbons (Fsp3) is 0.235. The largest absolute Gasteiger partial charge is 0.416 e. The summed E-state index contributed by atoms with van der Waals surface area (Å²) >= 11 is 3.09. The van der Waals surface area contributed by atoms with Gasteiger partial charge in [0.1, 0.15) is 0 Å². The molecule has 0 bridgehead atoms. The third-order valence-electron chi connectivity index (χ3n) is 2.95. The fourth-order valence-electron chi connectivity index (χ4n) is 1.78. The van der Waals surface area contributed by atoms with Gasteiger partial charge in [0.05, 0.1) is 23.6 Å². The van der Waals surface area contributed by atoms with E-state index in [1.54, 1.807) is 12.1 Å². The molecule has 1 nitrogen and oxygen atoms in total. The van der Waals surface area contributed by atoms with E-state index < -0.39 is 23.5 Å². The van der Waals surface area contributed by atoms with Crippen LogP contribution in [-0.4, -0.2) is 0 Å². The summed E-state index contributed by atoms with van der Waals surface area (Å²) in [5.74, 6) is 0. The van der Waals surface area contributed by atoms with Crippen molar-refractivity contribution >= 4 is 15.9 Å². The Balaban J connectivity index is 0.000000251. The molecule has 0 saturated heterocycles. The molecular weight excluding hydrogens is 412 g/mol. The van der Waals surface area contributed by atoms with Crippen LogP contribution in [0.3, 0.4) is 0 Å². The first-order valence-corrected chi connectivity index (χ1v) is 7.95. The lowest BCUT2D eigenvalue weighted by Gasteiger charge is -2.06. The maximum Gasteiger partial charge on any atom is 0.416 e. The molecule has 0 aliphatic rings. The van der Waals surface area contributed by atoms with E-state index in [-0.39, 0.29) is 6.42 Å². The van der Waals surface area contributed by atoms with Gasteiger partial charge < -0.3 is 0 Å². The Morgan fingerprint density at radius 3 is 1.64 bits per heavy atom. The molecule has 0 heterocycles. The van der Waals surface area contributed by atoms with Crippen molar-refractivity contribution in [2.75, 3.05) is 0 Å². The maximum atomic E-state index is 12.1. The maximum absolute atomic E-state index is 12.1. The quantitative estimate of drug-likeness (QED) is 0.406. The highest BCUT2D eigenvalue weighted by Crippen LogP contribution is 2.30. The molecule has 0 radical (unpaired) electrons. The Kier molecular flexibility index (Phi) is 7.49. The molecule has 0 saturated carbocycles. The van der Waals surface area contributed by atoms with Crippen molar-refractivity contribution in [1.29, 1.82) is 5.26 Å². The van der Waals surface area contributed by atoms with Crippen molar-refractivity contribution < 1.29 is 26.3 Å². The monoisotopic (exact) mass is 423 g/mol. The number of alkyl halides is 7. The van der Waals surface area contributed by atoms with E-state index in [1.165, 1.54) is 18.2 Å². The lowest BCUT2D eigenvalue weighted by atomic mass is 10.1. The second-order valence-corrected chi connectivity index (χ2v) is 5.43. The number of nitriles is 1. The second kappa shape index (κ2) is 8.90. The molecule has 0 aromatic heterocycles. The minimum atomic E-state index is -4.33. The van der Waals surface area contributed by atoms with E-state index in [9.17, 15) is 26.3 Å². The van der Waals surface area contributed by atoms with Crippen molar-refractivity contribution in [2.45, 2.75) is 24.1 Å². The van der Waals surface area contributed by atoms with Crippen LogP contribution in [0.2, 0.25) is 0 Å². The van der Waals surface area contributed by atoms with Crippen LogP contribution >= 0.6 is 15.9 Å². The Morgan fingerprint density at radius 2 is 1.24 bits per heavy atom. The smallest absolute Gasteiger partial charge is 0.198 e. The predicted molar refractivity (Wildman–Crippen MR) is 84.8 cm³/mol. The first kappa shape index (κ1) is 21.0. The highest BCUT2D eigenvalue weighted by Gasteiger charge is 2.30. The minimum Gasteiger partial charge on any atom is -0.198 e. The molecule has 0 aliphatic heterocycles. The average Bonchev–Trinajstić information content (AvgIpc) is 2.54. The normalized spacial score (nSPS) is 11.3. The molecule has 0 N–H and O–H groups in total.